The van der Waals surface area contributed by atoms with Gasteiger partial charge in [0.1, 0.15) is 0 Å². The number of Topliss-reactive ketones (excluding diaryl/α,β-unsaturated/α-hetero) is 4. The number of hydrogen-bond donors (Lipinski definition) is 0. The molecule has 0 N–H and O–H groups in total. The van der Waals surface area contributed by atoms with Crippen molar-refractivity contribution in [3.8, 4) is 20.9 Å². The van der Waals surface area contributed by atoms with Crippen LogP contribution in [0.2, 0.25) is 0 Å². The zero-order chi connectivity index (χ0) is 31.9. The summed E-state index contributed by atoms with van der Waals surface area (Å²) in [5.41, 5.74) is 10.2. The van der Waals surface area contributed by atoms with Crippen LogP contribution < -0.4 is 0 Å². The lowest BCUT2D eigenvalue weighted by Gasteiger charge is -2.24. The molecular formula is C40H26O4S2. The van der Waals surface area contributed by atoms with E-state index in [4.69, 9.17) is 0 Å². The molecule has 0 unspecified atom stereocenters. The normalized spacial score (nSPS) is 19.5. The number of ketones is 4. The fourth-order valence-corrected chi connectivity index (χ4v) is 10.3. The van der Waals surface area contributed by atoms with Gasteiger partial charge in [-0.3, -0.25) is 19.2 Å². The summed E-state index contributed by atoms with van der Waals surface area (Å²) in [6.45, 7) is 8.99. The quantitative estimate of drug-likeness (QED) is 0.144. The van der Waals surface area contributed by atoms with E-state index in [1.165, 1.54) is 43.1 Å². The minimum atomic E-state index is -0.441. The van der Waals surface area contributed by atoms with Gasteiger partial charge in [-0.1, -0.05) is 76.2 Å². The van der Waals surface area contributed by atoms with Gasteiger partial charge in [-0.2, -0.15) is 0 Å². The Bertz CT molecular complexity index is 2220. The van der Waals surface area contributed by atoms with Crippen LogP contribution in [0.3, 0.4) is 0 Å². The molecule has 0 spiro atoms. The van der Waals surface area contributed by atoms with Gasteiger partial charge >= 0.3 is 0 Å². The first kappa shape index (κ1) is 27.5. The van der Waals surface area contributed by atoms with Crippen molar-refractivity contribution in [1.29, 1.82) is 0 Å². The molecule has 0 fully saturated rings. The Morgan fingerprint density at radius 2 is 0.826 bits per heavy atom. The topological polar surface area (TPSA) is 68.3 Å². The van der Waals surface area contributed by atoms with Crippen molar-refractivity contribution in [2.75, 3.05) is 0 Å². The molecule has 5 aromatic rings. The summed E-state index contributed by atoms with van der Waals surface area (Å²) in [6.07, 6.45) is 3.77. The number of rotatable bonds is 2. The first-order valence-corrected chi connectivity index (χ1v) is 16.9. The first-order valence-electron chi connectivity index (χ1n) is 15.3. The molecular weight excluding hydrogens is 609 g/mol. The third-order valence-electron chi connectivity index (χ3n) is 10.2. The minimum Gasteiger partial charge on any atom is -0.285 e. The Labute approximate surface area is 273 Å². The first-order chi connectivity index (χ1) is 22.0. The van der Waals surface area contributed by atoms with E-state index >= 15 is 0 Å². The van der Waals surface area contributed by atoms with Crippen molar-refractivity contribution in [2.24, 2.45) is 0 Å². The zero-order valence-electron chi connectivity index (χ0n) is 25.5. The number of carbonyl (C=O) groups excluding carboxylic acids is 4. The molecule has 0 saturated carbocycles. The van der Waals surface area contributed by atoms with Crippen LogP contribution in [0, 0.1) is 0 Å². The smallest absolute Gasteiger partial charge is 0.234 e. The van der Waals surface area contributed by atoms with E-state index in [0.29, 0.717) is 33.4 Å². The van der Waals surface area contributed by atoms with Crippen molar-refractivity contribution in [3.63, 3.8) is 0 Å². The largest absolute Gasteiger partial charge is 0.285 e. The van der Waals surface area contributed by atoms with E-state index < -0.39 is 23.1 Å². The highest BCUT2D eigenvalue weighted by Crippen LogP contribution is 2.59. The van der Waals surface area contributed by atoms with E-state index in [9.17, 15) is 19.2 Å². The van der Waals surface area contributed by atoms with Crippen LogP contribution in [-0.2, 0) is 20.4 Å². The second-order valence-electron chi connectivity index (χ2n) is 13.5. The fourth-order valence-electron chi connectivity index (χ4n) is 7.73. The summed E-state index contributed by atoms with van der Waals surface area (Å²) in [4.78, 5) is 55.4. The average molecular weight is 635 g/mol. The van der Waals surface area contributed by atoms with Gasteiger partial charge in [0.15, 0.2) is 0 Å². The lowest BCUT2D eigenvalue weighted by atomic mass is 9.79. The van der Waals surface area contributed by atoms with Gasteiger partial charge in [0, 0.05) is 52.6 Å². The molecule has 0 radical (unpaired) electrons. The van der Waals surface area contributed by atoms with Gasteiger partial charge in [0.25, 0.3) is 0 Å². The van der Waals surface area contributed by atoms with E-state index in [1.807, 2.05) is 36.4 Å². The molecule has 0 saturated heterocycles. The molecule has 222 valence electrons. The molecule has 4 aliphatic rings. The number of benzene rings is 3. The summed E-state index contributed by atoms with van der Waals surface area (Å²) in [6, 6.07) is 23.5. The predicted octanol–water partition coefficient (Wildman–Crippen LogP) is 9.03. The number of thiophene rings is 2. The van der Waals surface area contributed by atoms with Crippen molar-refractivity contribution in [3.05, 3.63) is 127 Å². The van der Waals surface area contributed by atoms with Gasteiger partial charge < -0.3 is 0 Å². The Hall–Kier alpha value is -4.78. The van der Waals surface area contributed by atoms with Gasteiger partial charge in [-0.05, 0) is 80.9 Å². The van der Waals surface area contributed by atoms with Crippen LogP contribution in [0.25, 0.3) is 44.2 Å². The van der Waals surface area contributed by atoms with E-state index in [-0.39, 0.29) is 10.8 Å². The van der Waals surface area contributed by atoms with Crippen molar-refractivity contribution in [2.45, 2.75) is 38.5 Å². The molecule has 6 heteroatoms. The SMILES string of the molecule is CC1(C)c2cc3c(cc2-c2sc(/C=C4\C(=O)C(=O)c5ccccc54)cc21)C(C)(C)c1cc(/C=C2\C(=O)C(=O)c4ccccc42)sc1-3. The van der Waals surface area contributed by atoms with Crippen LogP contribution in [0.1, 0.15) is 91.5 Å². The van der Waals surface area contributed by atoms with Crippen LogP contribution in [0.15, 0.2) is 72.8 Å². The Morgan fingerprint density at radius 1 is 0.457 bits per heavy atom. The highest BCUT2D eigenvalue weighted by atomic mass is 32.1. The summed E-state index contributed by atoms with van der Waals surface area (Å²) >= 11 is 3.35. The summed E-state index contributed by atoms with van der Waals surface area (Å²) < 4.78 is 0. The van der Waals surface area contributed by atoms with Gasteiger partial charge in [-0.25, -0.2) is 0 Å². The Balaban J connectivity index is 1.14. The molecule has 3 aromatic carbocycles. The summed E-state index contributed by atoms with van der Waals surface area (Å²) in [5.74, 6) is -1.75. The van der Waals surface area contributed by atoms with Crippen LogP contribution in [0.5, 0.6) is 0 Å². The third kappa shape index (κ3) is 3.43. The standard InChI is InChI=1S/C40H26O4S2/c1-39(2)29-17-28-30(18-27(29)37-31(39)15-19(45-37)13-25-21-9-5-7-11-23(21)33(41)35(25)43)40(3,4)32-16-20(46-38(28)32)14-26-22-10-6-8-12-24(22)34(42)36(26)44/h5-18H,1-4H3/b25-13-,26-14-. The zero-order valence-corrected chi connectivity index (χ0v) is 27.2. The average Bonchev–Trinajstić information content (AvgIpc) is 3.84. The highest BCUT2D eigenvalue weighted by Gasteiger charge is 2.44. The summed E-state index contributed by atoms with van der Waals surface area (Å²) in [7, 11) is 0. The summed E-state index contributed by atoms with van der Waals surface area (Å²) in [5, 5.41) is 0. The van der Waals surface area contributed by atoms with E-state index in [2.05, 4.69) is 52.0 Å². The molecule has 0 atom stereocenters. The second kappa shape index (κ2) is 8.93. The molecule has 4 nitrogen and oxygen atoms in total. The molecule has 0 aliphatic heterocycles. The van der Waals surface area contributed by atoms with Crippen molar-refractivity contribution in [1.82, 2.24) is 0 Å². The van der Waals surface area contributed by atoms with Crippen molar-refractivity contribution >= 4 is 69.1 Å². The number of fused-ring (bicyclic) bond motifs is 8. The molecule has 9 rings (SSSR count). The van der Waals surface area contributed by atoms with Crippen LogP contribution in [0.4, 0.5) is 0 Å². The third-order valence-corrected chi connectivity index (χ3v) is 12.5. The van der Waals surface area contributed by atoms with Crippen LogP contribution in [-0.4, -0.2) is 23.1 Å². The molecule has 2 heterocycles. The highest BCUT2D eigenvalue weighted by molar-refractivity contribution is 7.17. The lowest BCUT2D eigenvalue weighted by molar-refractivity contribution is -0.110. The van der Waals surface area contributed by atoms with E-state index in [0.717, 1.165) is 9.75 Å². The Kier molecular flexibility index (Phi) is 5.35. The van der Waals surface area contributed by atoms with Gasteiger partial charge in [-0.15, -0.1) is 22.7 Å². The lowest BCUT2D eigenvalue weighted by Crippen LogP contribution is -2.16. The predicted molar refractivity (Wildman–Crippen MR) is 185 cm³/mol. The molecule has 0 amide bonds. The molecule has 46 heavy (non-hydrogen) atoms. The molecule has 0 bridgehead atoms. The number of carbonyl (C=O) groups is 4. The van der Waals surface area contributed by atoms with Gasteiger partial charge in [0.2, 0.25) is 23.1 Å². The minimum absolute atomic E-state index is 0.254. The second-order valence-corrected chi connectivity index (χ2v) is 15.7. The van der Waals surface area contributed by atoms with Crippen molar-refractivity contribution < 1.29 is 19.2 Å². The number of allylic oxidation sites excluding steroid dienone is 2. The maximum absolute atomic E-state index is 12.9. The van der Waals surface area contributed by atoms with Gasteiger partial charge in [0.05, 0.1) is 0 Å². The molecule has 4 aliphatic carbocycles. The fraction of sp³-hybridized carbons (Fsp3) is 0.150. The monoisotopic (exact) mass is 634 g/mol. The van der Waals surface area contributed by atoms with Crippen LogP contribution >= 0.6 is 22.7 Å². The van der Waals surface area contributed by atoms with E-state index in [1.54, 1.807) is 46.9 Å². The maximum atomic E-state index is 12.9. The Morgan fingerprint density at radius 3 is 1.22 bits per heavy atom. The maximum Gasteiger partial charge on any atom is 0.234 e. The molecule has 2 aromatic heterocycles. The number of hydrogen-bond acceptors (Lipinski definition) is 6.